The third kappa shape index (κ3) is 2.84. The van der Waals surface area contributed by atoms with Crippen LogP contribution in [0.3, 0.4) is 0 Å². The first kappa shape index (κ1) is 13.4. The highest BCUT2D eigenvalue weighted by Crippen LogP contribution is 2.22. The molecule has 0 aromatic carbocycles. The quantitative estimate of drug-likeness (QED) is 0.903. The summed E-state index contributed by atoms with van der Waals surface area (Å²) in [5, 5.41) is 13.0. The van der Waals surface area contributed by atoms with Gasteiger partial charge in [0.05, 0.1) is 12.1 Å². The van der Waals surface area contributed by atoms with Gasteiger partial charge in [-0.2, -0.15) is 0 Å². The van der Waals surface area contributed by atoms with Crippen LogP contribution in [0.15, 0.2) is 4.52 Å². The minimum absolute atomic E-state index is 0.0413. The SMILES string of the molecule is Cc1noc(Cl)c1CC(=O)N1CCC(CO)CC1. The number of aliphatic hydroxyl groups excluding tert-OH is 1. The molecular formula is C12H17ClN2O3. The van der Waals surface area contributed by atoms with Gasteiger partial charge in [-0.1, -0.05) is 5.16 Å². The Morgan fingerprint density at radius 3 is 2.72 bits per heavy atom. The van der Waals surface area contributed by atoms with Crippen LogP contribution in [0.4, 0.5) is 0 Å². The zero-order valence-electron chi connectivity index (χ0n) is 10.4. The van der Waals surface area contributed by atoms with Gasteiger partial charge < -0.3 is 14.5 Å². The Labute approximate surface area is 111 Å². The maximum absolute atomic E-state index is 12.1. The molecule has 0 unspecified atom stereocenters. The second-order valence-corrected chi connectivity index (χ2v) is 5.05. The molecule has 1 aliphatic heterocycles. The summed E-state index contributed by atoms with van der Waals surface area (Å²) in [6.45, 7) is 3.38. The molecule has 0 atom stereocenters. The second-order valence-electron chi connectivity index (χ2n) is 4.70. The molecule has 5 nitrogen and oxygen atoms in total. The van der Waals surface area contributed by atoms with E-state index < -0.39 is 0 Å². The molecule has 0 aliphatic carbocycles. The molecule has 1 aromatic rings. The van der Waals surface area contributed by atoms with Crippen molar-refractivity contribution in [3.05, 3.63) is 16.5 Å². The lowest BCUT2D eigenvalue weighted by atomic mass is 9.97. The Morgan fingerprint density at radius 2 is 2.22 bits per heavy atom. The van der Waals surface area contributed by atoms with Crippen LogP contribution in [0, 0.1) is 12.8 Å². The lowest BCUT2D eigenvalue weighted by Crippen LogP contribution is -2.40. The fourth-order valence-electron chi connectivity index (χ4n) is 2.19. The molecule has 1 aromatic heterocycles. The molecule has 2 rings (SSSR count). The highest BCUT2D eigenvalue weighted by Gasteiger charge is 2.24. The number of aryl methyl sites for hydroxylation is 1. The standard InChI is InChI=1S/C12H17ClN2O3/c1-8-10(12(13)18-14-8)6-11(17)15-4-2-9(7-16)3-5-15/h9,16H,2-7H2,1H3. The molecule has 0 spiro atoms. The zero-order chi connectivity index (χ0) is 13.1. The van der Waals surface area contributed by atoms with E-state index in [0.29, 0.717) is 30.3 Å². The Bertz CT molecular complexity index is 405. The van der Waals surface area contributed by atoms with E-state index in [4.69, 9.17) is 21.2 Å². The smallest absolute Gasteiger partial charge is 0.229 e. The average molecular weight is 273 g/mol. The Morgan fingerprint density at radius 1 is 1.56 bits per heavy atom. The minimum Gasteiger partial charge on any atom is -0.396 e. The summed E-state index contributed by atoms with van der Waals surface area (Å²) < 4.78 is 4.83. The molecule has 1 amide bonds. The lowest BCUT2D eigenvalue weighted by Gasteiger charge is -2.31. The van der Waals surface area contributed by atoms with Crippen LogP contribution in [-0.2, 0) is 11.2 Å². The predicted octanol–water partition coefficient (Wildman–Crippen LogP) is 1.41. The first-order valence-electron chi connectivity index (χ1n) is 6.11. The summed E-state index contributed by atoms with van der Waals surface area (Å²) in [6.07, 6.45) is 1.95. The summed E-state index contributed by atoms with van der Waals surface area (Å²) in [7, 11) is 0. The number of hydrogen-bond donors (Lipinski definition) is 1. The molecule has 1 aliphatic rings. The number of hydrogen-bond acceptors (Lipinski definition) is 4. The molecule has 6 heteroatoms. The summed E-state index contributed by atoms with van der Waals surface area (Å²) in [5.74, 6) is 0.370. The largest absolute Gasteiger partial charge is 0.396 e. The lowest BCUT2D eigenvalue weighted by molar-refractivity contribution is -0.132. The summed E-state index contributed by atoms with van der Waals surface area (Å²) in [4.78, 5) is 13.9. The predicted molar refractivity (Wildman–Crippen MR) is 66.3 cm³/mol. The van der Waals surface area contributed by atoms with Gasteiger partial charge in [-0.15, -0.1) is 0 Å². The summed E-state index contributed by atoms with van der Waals surface area (Å²) in [6, 6.07) is 0. The van der Waals surface area contributed by atoms with Crippen LogP contribution in [0.25, 0.3) is 0 Å². The topological polar surface area (TPSA) is 66.6 Å². The first-order chi connectivity index (χ1) is 8.61. The number of aliphatic hydroxyl groups is 1. The van der Waals surface area contributed by atoms with E-state index in [9.17, 15) is 4.79 Å². The third-order valence-electron chi connectivity index (χ3n) is 3.49. The number of likely N-dealkylation sites (tertiary alicyclic amines) is 1. The Hall–Kier alpha value is -1.07. The van der Waals surface area contributed by atoms with Crippen molar-refractivity contribution in [1.82, 2.24) is 10.1 Å². The van der Waals surface area contributed by atoms with E-state index in [1.807, 2.05) is 4.90 Å². The van der Waals surface area contributed by atoms with Crippen molar-refractivity contribution in [2.75, 3.05) is 19.7 Å². The van der Waals surface area contributed by atoms with E-state index in [0.717, 1.165) is 12.8 Å². The van der Waals surface area contributed by atoms with Gasteiger partial charge in [-0.25, -0.2) is 0 Å². The van der Waals surface area contributed by atoms with Crippen LogP contribution in [0.2, 0.25) is 5.22 Å². The number of nitrogens with zero attached hydrogens (tertiary/aromatic N) is 2. The molecule has 1 saturated heterocycles. The molecule has 0 saturated carbocycles. The maximum atomic E-state index is 12.1. The van der Waals surface area contributed by atoms with E-state index in [-0.39, 0.29) is 24.2 Å². The first-order valence-corrected chi connectivity index (χ1v) is 6.49. The number of amides is 1. The number of aromatic nitrogens is 1. The van der Waals surface area contributed by atoms with Crippen molar-refractivity contribution in [2.45, 2.75) is 26.2 Å². The normalized spacial score (nSPS) is 17.2. The van der Waals surface area contributed by atoms with Crippen LogP contribution >= 0.6 is 11.6 Å². The van der Waals surface area contributed by atoms with Crippen molar-refractivity contribution in [2.24, 2.45) is 5.92 Å². The van der Waals surface area contributed by atoms with E-state index in [2.05, 4.69) is 5.16 Å². The fourth-order valence-corrected chi connectivity index (χ4v) is 2.42. The van der Waals surface area contributed by atoms with Gasteiger partial charge in [-0.05, 0) is 37.3 Å². The van der Waals surface area contributed by atoms with Crippen molar-refractivity contribution < 1.29 is 14.4 Å². The summed E-state index contributed by atoms with van der Waals surface area (Å²) in [5.41, 5.74) is 1.34. The zero-order valence-corrected chi connectivity index (χ0v) is 11.1. The molecule has 0 bridgehead atoms. The van der Waals surface area contributed by atoms with Crippen LogP contribution in [-0.4, -0.2) is 40.8 Å². The summed E-state index contributed by atoms with van der Waals surface area (Å²) >= 11 is 5.84. The minimum atomic E-state index is 0.0413. The number of piperidine rings is 1. The van der Waals surface area contributed by atoms with Gasteiger partial charge in [-0.3, -0.25) is 4.79 Å². The molecule has 18 heavy (non-hydrogen) atoms. The molecule has 0 radical (unpaired) electrons. The number of carbonyl (C=O) groups excluding carboxylic acids is 1. The number of halogens is 1. The van der Waals surface area contributed by atoms with Crippen molar-refractivity contribution in [1.29, 1.82) is 0 Å². The molecular weight excluding hydrogens is 256 g/mol. The van der Waals surface area contributed by atoms with Gasteiger partial charge in [0.15, 0.2) is 0 Å². The monoisotopic (exact) mass is 272 g/mol. The molecule has 1 N–H and O–H groups in total. The third-order valence-corrected chi connectivity index (χ3v) is 3.79. The van der Waals surface area contributed by atoms with Crippen molar-refractivity contribution in [3.63, 3.8) is 0 Å². The fraction of sp³-hybridized carbons (Fsp3) is 0.667. The molecule has 100 valence electrons. The van der Waals surface area contributed by atoms with Gasteiger partial charge in [0.2, 0.25) is 11.1 Å². The average Bonchev–Trinajstić information content (AvgIpc) is 2.70. The van der Waals surface area contributed by atoms with Crippen molar-refractivity contribution in [3.8, 4) is 0 Å². The highest BCUT2D eigenvalue weighted by molar-refractivity contribution is 6.29. The van der Waals surface area contributed by atoms with Gasteiger partial charge in [0.25, 0.3) is 0 Å². The number of carbonyl (C=O) groups is 1. The second kappa shape index (κ2) is 5.71. The van der Waals surface area contributed by atoms with Gasteiger partial charge in [0, 0.05) is 25.3 Å². The molecule has 2 heterocycles. The molecule has 1 fully saturated rings. The van der Waals surface area contributed by atoms with Gasteiger partial charge in [0.1, 0.15) is 0 Å². The maximum Gasteiger partial charge on any atom is 0.229 e. The Kier molecular flexibility index (Phi) is 4.24. The van der Waals surface area contributed by atoms with Crippen LogP contribution in [0.1, 0.15) is 24.1 Å². The van der Waals surface area contributed by atoms with E-state index in [1.54, 1.807) is 6.92 Å². The van der Waals surface area contributed by atoms with Crippen molar-refractivity contribution >= 4 is 17.5 Å². The van der Waals surface area contributed by atoms with E-state index in [1.165, 1.54) is 0 Å². The van der Waals surface area contributed by atoms with E-state index >= 15 is 0 Å². The Balaban J connectivity index is 1.93. The highest BCUT2D eigenvalue weighted by atomic mass is 35.5. The van der Waals surface area contributed by atoms with Crippen LogP contribution in [0.5, 0.6) is 0 Å². The number of rotatable bonds is 3. The van der Waals surface area contributed by atoms with Crippen LogP contribution < -0.4 is 0 Å². The van der Waals surface area contributed by atoms with Gasteiger partial charge >= 0.3 is 0 Å².